The second-order valence-corrected chi connectivity index (χ2v) is 4.14. The number of carbonyl (C=O) groups is 1. The van der Waals surface area contributed by atoms with Crippen LogP contribution in [0, 0.1) is 0 Å². The number of aliphatic hydroxyl groups is 1. The number of aliphatic hydroxyl groups excluding tert-OH is 1. The fraction of sp³-hybridized carbons (Fsp3) is 0.889. The Morgan fingerprint density at radius 3 is 2.29 bits per heavy atom. The third-order valence-electron chi connectivity index (χ3n) is 1.47. The molecule has 1 atom stereocenters. The molecule has 0 bridgehead atoms. The molecule has 0 saturated heterocycles. The maximum atomic E-state index is 11.0. The van der Waals surface area contributed by atoms with Gasteiger partial charge in [-0.3, -0.25) is 4.79 Å². The molecule has 86 valence electrons. The molecule has 4 nitrogen and oxygen atoms in total. The predicted molar refractivity (Wildman–Crippen MR) is 50.2 cm³/mol. The molecule has 0 amide bonds. The van der Waals surface area contributed by atoms with Crippen molar-refractivity contribution in [2.24, 2.45) is 0 Å². The molecule has 0 spiro atoms. The molecule has 0 aliphatic rings. The summed E-state index contributed by atoms with van der Waals surface area (Å²) in [4.78, 5) is 11.0. The normalized spacial score (nSPS) is 12.9. The highest BCUT2D eigenvalue weighted by Gasteiger charge is 2.18. The maximum Gasteiger partial charge on any atom is 0.308 e. The highest BCUT2D eigenvalue weighted by Crippen LogP contribution is 2.00. The molecule has 1 N–H and O–H groups in total. The van der Waals surface area contributed by atoms with E-state index in [1.54, 1.807) is 6.92 Å². The van der Waals surface area contributed by atoms with Crippen molar-refractivity contribution in [3.8, 4) is 0 Å². The van der Waals surface area contributed by atoms with Crippen LogP contribution in [-0.2, 0) is 9.53 Å². The molecule has 0 aliphatic heterocycles. The SMILES string of the molecule is CCOC(=O)C[C@@H](O)C[N+](C)(C)C.[Cl-]. The van der Waals surface area contributed by atoms with Gasteiger partial charge in [-0.25, -0.2) is 0 Å². The van der Waals surface area contributed by atoms with Gasteiger partial charge in [0.05, 0.1) is 34.2 Å². The Bertz CT molecular complexity index is 168. The van der Waals surface area contributed by atoms with Crippen molar-refractivity contribution in [3.05, 3.63) is 0 Å². The van der Waals surface area contributed by atoms with Gasteiger partial charge in [0.1, 0.15) is 12.6 Å². The number of halogens is 1. The van der Waals surface area contributed by atoms with Crippen LogP contribution >= 0.6 is 0 Å². The summed E-state index contributed by atoms with van der Waals surface area (Å²) in [6.07, 6.45) is -0.525. The van der Waals surface area contributed by atoms with Gasteiger partial charge in [-0.15, -0.1) is 0 Å². The predicted octanol–water partition coefficient (Wildman–Crippen LogP) is -2.99. The topological polar surface area (TPSA) is 46.5 Å². The number of rotatable bonds is 5. The van der Waals surface area contributed by atoms with Crippen LogP contribution in [0.2, 0.25) is 0 Å². The number of esters is 1. The first-order chi connectivity index (χ1) is 5.85. The number of hydrogen-bond acceptors (Lipinski definition) is 3. The van der Waals surface area contributed by atoms with E-state index < -0.39 is 6.10 Å². The van der Waals surface area contributed by atoms with E-state index in [0.29, 0.717) is 17.6 Å². The summed E-state index contributed by atoms with van der Waals surface area (Å²) in [5, 5.41) is 9.47. The van der Waals surface area contributed by atoms with Crippen LogP contribution in [0.1, 0.15) is 13.3 Å². The lowest BCUT2D eigenvalue weighted by molar-refractivity contribution is -0.873. The minimum absolute atomic E-state index is 0. The Labute approximate surface area is 91.9 Å². The molecular weight excluding hydrogens is 206 g/mol. The van der Waals surface area contributed by atoms with Gasteiger partial charge in [-0.1, -0.05) is 0 Å². The summed E-state index contributed by atoms with van der Waals surface area (Å²) in [5.74, 6) is -0.330. The first kappa shape index (κ1) is 16.1. The van der Waals surface area contributed by atoms with Crippen LogP contribution < -0.4 is 12.4 Å². The Morgan fingerprint density at radius 2 is 1.93 bits per heavy atom. The summed E-state index contributed by atoms with van der Waals surface area (Å²) in [5.41, 5.74) is 0. The van der Waals surface area contributed by atoms with Crippen LogP contribution in [0.3, 0.4) is 0 Å². The van der Waals surface area contributed by atoms with Crippen molar-refractivity contribution in [2.45, 2.75) is 19.4 Å². The molecule has 0 aromatic heterocycles. The van der Waals surface area contributed by atoms with Gasteiger partial charge in [0.2, 0.25) is 0 Å². The quantitative estimate of drug-likeness (QED) is 0.401. The Hall–Kier alpha value is -0.320. The van der Waals surface area contributed by atoms with Gasteiger partial charge in [-0.2, -0.15) is 0 Å². The lowest BCUT2D eigenvalue weighted by Gasteiger charge is -2.26. The van der Waals surface area contributed by atoms with Crippen LogP contribution in [0.5, 0.6) is 0 Å². The van der Waals surface area contributed by atoms with Crippen LogP contribution in [-0.4, -0.2) is 56.0 Å². The smallest absolute Gasteiger partial charge is 0.308 e. The molecule has 0 unspecified atom stereocenters. The molecule has 0 heterocycles. The van der Waals surface area contributed by atoms with Crippen molar-refractivity contribution in [3.63, 3.8) is 0 Å². The monoisotopic (exact) mass is 225 g/mol. The number of hydrogen-bond donors (Lipinski definition) is 1. The average molecular weight is 226 g/mol. The number of likely N-dealkylation sites (N-methyl/N-ethyl adjacent to an activating group) is 1. The largest absolute Gasteiger partial charge is 1.00 e. The standard InChI is InChI=1S/C9H20NO3.ClH/c1-5-13-9(12)6-8(11)7-10(2,3)4;/h8,11H,5-7H2,1-4H3;1H/q+1;/p-1/t8-;/m1./s1. The number of nitrogens with zero attached hydrogens (tertiary/aromatic N) is 1. The Balaban J connectivity index is 0. The third kappa shape index (κ3) is 9.77. The molecule has 0 aromatic rings. The van der Waals surface area contributed by atoms with E-state index in [1.807, 2.05) is 21.1 Å². The molecular formula is C9H20ClNO3. The minimum atomic E-state index is -0.612. The van der Waals surface area contributed by atoms with Crippen molar-refractivity contribution >= 4 is 5.97 Å². The van der Waals surface area contributed by atoms with Crippen molar-refractivity contribution in [2.75, 3.05) is 34.3 Å². The first-order valence-corrected chi connectivity index (χ1v) is 4.49. The van der Waals surface area contributed by atoms with Gasteiger partial charge < -0.3 is 26.7 Å². The maximum absolute atomic E-state index is 11.0. The fourth-order valence-corrected chi connectivity index (χ4v) is 1.11. The lowest BCUT2D eigenvalue weighted by atomic mass is 10.2. The molecule has 0 fully saturated rings. The summed E-state index contributed by atoms with van der Waals surface area (Å²) in [6.45, 7) is 2.68. The van der Waals surface area contributed by atoms with E-state index in [0.717, 1.165) is 0 Å². The Morgan fingerprint density at radius 1 is 1.43 bits per heavy atom. The molecule has 0 aromatic carbocycles. The fourth-order valence-electron chi connectivity index (χ4n) is 1.11. The van der Waals surface area contributed by atoms with E-state index in [-0.39, 0.29) is 24.8 Å². The zero-order chi connectivity index (χ0) is 10.5. The van der Waals surface area contributed by atoms with E-state index in [4.69, 9.17) is 4.74 Å². The number of carbonyl (C=O) groups excluding carboxylic acids is 1. The van der Waals surface area contributed by atoms with Crippen LogP contribution in [0.15, 0.2) is 0 Å². The third-order valence-corrected chi connectivity index (χ3v) is 1.47. The molecule has 0 saturated carbocycles. The van der Waals surface area contributed by atoms with E-state index in [1.165, 1.54) is 0 Å². The second-order valence-electron chi connectivity index (χ2n) is 4.14. The van der Waals surface area contributed by atoms with Crippen molar-refractivity contribution in [1.29, 1.82) is 0 Å². The van der Waals surface area contributed by atoms with Crippen molar-refractivity contribution < 1.29 is 31.5 Å². The van der Waals surface area contributed by atoms with Gasteiger partial charge in [0.25, 0.3) is 0 Å². The van der Waals surface area contributed by atoms with E-state index in [2.05, 4.69) is 0 Å². The van der Waals surface area contributed by atoms with Gasteiger partial charge >= 0.3 is 5.97 Å². The summed E-state index contributed by atoms with van der Waals surface area (Å²) < 4.78 is 5.36. The molecule has 0 radical (unpaired) electrons. The average Bonchev–Trinajstić information content (AvgIpc) is 1.81. The zero-order valence-corrected chi connectivity index (χ0v) is 10.0. The molecule has 14 heavy (non-hydrogen) atoms. The molecule has 0 rings (SSSR count). The lowest BCUT2D eigenvalue weighted by Crippen LogP contribution is -3.00. The minimum Gasteiger partial charge on any atom is -1.00 e. The molecule has 0 aliphatic carbocycles. The van der Waals surface area contributed by atoms with E-state index in [9.17, 15) is 9.90 Å². The van der Waals surface area contributed by atoms with Crippen LogP contribution in [0.4, 0.5) is 0 Å². The first-order valence-electron chi connectivity index (χ1n) is 4.49. The van der Waals surface area contributed by atoms with Crippen molar-refractivity contribution in [1.82, 2.24) is 0 Å². The summed E-state index contributed by atoms with van der Waals surface area (Å²) in [6, 6.07) is 0. The van der Waals surface area contributed by atoms with Gasteiger partial charge in [0, 0.05) is 0 Å². The molecule has 5 heteroatoms. The highest BCUT2D eigenvalue weighted by molar-refractivity contribution is 5.69. The second kappa shape index (κ2) is 7.04. The summed E-state index contributed by atoms with van der Waals surface area (Å²) >= 11 is 0. The number of ether oxygens (including phenoxy) is 1. The van der Waals surface area contributed by atoms with Crippen LogP contribution in [0.25, 0.3) is 0 Å². The summed E-state index contributed by atoms with van der Waals surface area (Å²) in [7, 11) is 5.90. The van der Waals surface area contributed by atoms with Gasteiger partial charge in [-0.05, 0) is 6.92 Å². The van der Waals surface area contributed by atoms with Gasteiger partial charge in [0.15, 0.2) is 0 Å². The Kier molecular flexibility index (Phi) is 8.10. The zero-order valence-electron chi connectivity index (χ0n) is 9.29. The number of quaternary nitrogens is 1. The van der Waals surface area contributed by atoms with E-state index >= 15 is 0 Å². The highest BCUT2D eigenvalue weighted by atomic mass is 35.5.